The molecule has 1 saturated heterocycles. The Morgan fingerprint density at radius 2 is 2.05 bits per heavy atom. The van der Waals surface area contributed by atoms with Gasteiger partial charge in [-0.15, -0.1) is 5.10 Å². The molecular weight excluding hydrogens is 284 g/mol. The highest BCUT2D eigenvalue weighted by Crippen LogP contribution is 2.35. The maximum atomic E-state index is 12.6. The zero-order chi connectivity index (χ0) is 15.7. The van der Waals surface area contributed by atoms with Crippen LogP contribution in [0.4, 0.5) is 0 Å². The van der Waals surface area contributed by atoms with Crippen LogP contribution in [0, 0.1) is 11.8 Å². The lowest BCUT2D eigenvalue weighted by Gasteiger charge is -2.20. The van der Waals surface area contributed by atoms with Crippen molar-refractivity contribution in [3.8, 4) is 0 Å². The average molecular weight is 304 g/mol. The molecule has 0 saturated carbocycles. The van der Waals surface area contributed by atoms with Crippen molar-refractivity contribution < 1.29 is 14.7 Å². The number of nitrogens with zero attached hydrogens (tertiary/aromatic N) is 4. The quantitative estimate of drug-likeness (QED) is 0.831. The molecule has 0 radical (unpaired) electrons. The van der Waals surface area contributed by atoms with Crippen LogP contribution in [0.2, 0.25) is 0 Å². The third kappa shape index (κ3) is 2.88. The van der Waals surface area contributed by atoms with E-state index in [4.69, 9.17) is 5.11 Å². The molecular formula is C15H20N4O3. The molecule has 7 nitrogen and oxygen atoms in total. The van der Waals surface area contributed by atoms with Gasteiger partial charge in [0.15, 0.2) is 0 Å². The molecule has 2 aliphatic rings. The summed E-state index contributed by atoms with van der Waals surface area (Å²) in [6, 6.07) is 0. The van der Waals surface area contributed by atoms with E-state index in [9.17, 15) is 9.59 Å². The molecule has 22 heavy (non-hydrogen) atoms. The lowest BCUT2D eigenvalue weighted by atomic mass is 9.91. The molecule has 1 aromatic rings. The van der Waals surface area contributed by atoms with Crippen molar-refractivity contribution >= 4 is 11.9 Å². The lowest BCUT2D eigenvalue weighted by Crippen LogP contribution is -2.33. The van der Waals surface area contributed by atoms with E-state index in [1.165, 1.54) is 0 Å². The van der Waals surface area contributed by atoms with Gasteiger partial charge in [0.2, 0.25) is 5.91 Å². The zero-order valence-electron chi connectivity index (χ0n) is 12.6. The minimum Gasteiger partial charge on any atom is -0.481 e. The summed E-state index contributed by atoms with van der Waals surface area (Å²) in [6.07, 6.45) is 7.50. The van der Waals surface area contributed by atoms with E-state index in [2.05, 4.69) is 10.3 Å². The van der Waals surface area contributed by atoms with Gasteiger partial charge in [0.25, 0.3) is 0 Å². The van der Waals surface area contributed by atoms with E-state index in [1.807, 2.05) is 23.2 Å². The lowest BCUT2D eigenvalue weighted by molar-refractivity contribution is -0.139. The van der Waals surface area contributed by atoms with Crippen LogP contribution in [0.1, 0.15) is 30.9 Å². The number of rotatable bonds is 4. The van der Waals surface area contributed by atoms with E-state index < -0.39 is 5.97 Å². The third-order valence-electron chi connectivity index (χ3n) is 4.55. The fourth-order valence-electron chi connectivity index (χ4n) is 3.43. The normalized spacial score (nSPS) is 25.0. The summed E-state index contributed by atoms with van der Waals surface area (Å²) in [7, 11) is 1.78. The number of likely N-dealkylation sites (tertiary alicyclic amines) is 1. The van der Waals surface area contributed by atoms with Crippen molar-refractivity contribution in [2.24, 2.45) is 18.9 Å². The van der Waals surface area contributed by atoms with Gasteiger partial charge in [-0.25, -0.2) is 0 Å². The average Bonchev–Trinajstić information content (AvgIpc) is 3.17. The molecule has 1 aliphatic carbocycles. The summed E-state index contributed by atoms with van der Waals surface area (Å²) in [4.78, 5) is 25.5. The molecule has 0 bridgehead atoms. The first-order valence-corrected chi connectivity index (χ1v) is 7.56. The summed E-state index contributed by atoms with van der Waals surface area (Å²) in [5.74, 6) is -0.843. The molecule has 118 valence electrons. The second-order valence-corrected chi connectivity index (χ2v) is 6.16. The highest BCUT2D eigenvalue weighted by Gasteiger charge is 2.40. The molecule has 1 amide bonds. The van der Waals surface area contributed by atoms with Crippen LogP contribution < -0.4 is 0 Å². The van der Waals surface area contributed by atoms with Crippen LogP contribution in [-0.4, -0.2) is 50.0 Å². The molecule has 2 unspecified atom stereocenters. The number of aliphatic carboxylic acids is 1. The van der Waals surface area contributed by atoms with Gasteiger partial charge < -0.3 is 10.0 Å². The van der Waals surface area contributed by atoms with Gasteiger partial charge in [0, 0.05) is 38.2 Å². The van der Waals surface area contributed by atoms with Gasteiger partial charge in [-0.1, -0.05) is 17.4 Å². The van der Waals surface area contributed by atoms with Crippen molar-refractivity contribution in [2.45, 2.75) is 25.2 Å². The van der Waals surface area contributed by atoms with Gasteiger partial charge in [-0.2, -0.15) is 0 Å². The Morgan fingerprint density at radius 1 is 1.32 bits per heavy atom. The first-order chi connectivity index (χ1) is 10.5. The number of carbonyl (C=O) groups is 2. The third-order valence-corrected chi connectivity index (χ3v) is 4.55. The Bertz CT molecular complexity index is 602. The van der Waals surface area contributed by atoms with Crippen molar-refractivity contribution in [3.63, 3.8) is 0 Å². The number of carbonyl (C=O) groups excluding carboxylic acids is 1. The Hall–Kier alpha value is -2.18. The summed E-state index contributed by atoms with van der Waals surface area (Å²) >= 11 is 0. The predicted octanol–water partition coefficient (Wildman–Crippen LogP) is 0.798. The van der Waals surface area contributed by atoms with E-state index in [0.29, 0.717) is 13.1 Å². The molecule has 0 spiro atoms. The molecule has 7 heteroatoms. The standard InChI is InChI=1S/C15H20N4O3/c1-18-9-13(16-17-18)12-8-19(7-11(12)6-14(20)21)15(22)10-4-2-3-5-10/h2-3,9-12H,4-8H2,1H3,(H,20,21). The smallest absolute Gasteiger partial charge is 0.303 e. The molecule has 1 fully saturated rings. The van der Waals surface area contributed by atoms with Crippen LogP contribution in [0.3, 0.4) is 0 Å². The molecule has 1 aliphatic heterocycles. The van der Waals surface area contributed by atoms with Crippen LogP contribution >= 0.6 is 0 Å². The maximum absolute atomic E-state index is 12.6. The predicted molar refractivity (Wildman–Crippen MR) is 77.9 cm³/mol. The van der Waals surface area contributed by atoms with Crippen molar-refractivity contribution in [3.05, 3.63) is 24.0 Å². The number of hydrogen-bond donors (Lipinski definition) is 1. The maximum Gasteiger partial charge on any atom is 0.303 e. The van der Waals surface area contributed by atoms with Crippen LogP contribution in [0.5, 0.6) is 0 Å². The number of amides is 1. The van der Waals surface area contributed by atoms with E-state index in [0.717, 1.165) is 18.5 Å². The molecule has 2 atom stereocenters. The first-order valence-electron chi connectivity index (χ1n) is 7.56. The second kappa shape index (κ2) is 5.90. The highest BCUT2D eigenvalue weighted by molar-refractivity contribution is 5.80. The topological polar surface area (TPSA) is 88.3 Å². The second-order valence-electron chi connectivity index (χ2n) is 6.16. The minimum absolute atomic E-state index is 0.0195. The van der Waals surface area contributed by atoms with Gasteiger partial charge in [-0.3, -0.25) is 14.3 Å². The first kappa shape index (κ1) is 14.7. The number of aromatic nitrogens is 3. The van der Waals surface area contributed by atoms with Gasteiger partial charge in [0.05, 0.1) is 12.1 Å². The fourth-order valence-corrected chi connectivity index (χ4v) is 3.43. The van der Waals surface area contributed by atoms with Gasteiger partial charge in [-0.05, 0) is 18.8 Å². The van der Waals surface area contributed by atoms with E-state index in [1.54, 1.807) is 11.7 Å². The van der Waals surface area contributed by atoms with Crippen LogP contribution in [-0.2, 0) is 16.6 Å². The number of carboxylic acids is 1. The van der Waals surface area contributed by atoms with Crippen LogP contribution in [0.25, 0.3) is 0 Å². The Labute approximate surface area is 128 Å². The Morgan fingerprint density at radius 3 is 2.64 bits per heavy atom. The highest BCUT2D eigenvalue weighted by atomic mass is 16.4. The monoisotopic (exact) mass is 304 g/mol. The minimum atomic E-state index is -0.837. The largest absolute Gasteiger partial charge is 0.481 e. The van der Waals surface area contributed by atoms with Gasteiger partial charge in [0.1, 0.15) is 0 Å². The Balaban J connectivity index is 1.75. The molecule has 3 rings (SSSR count). The molecule has 1 N–H and O–H groups in total. The summed E-state index contributed by atoms with van der Waals surface area (Å²) in [6.45, 7) is 1.02. The molecule has 1 aromatic heterocycles. The van der Waals surface area contributed by atoms with Crippen LogP contribution in [0.15, 0.2) is 18.3 Å². The van der Waals surface area contributed by atoms with Crippen molar-refractivity contribution in [2.75, 3.05) is 13.1 Å². The summed E-state index contributed by atoms with van der Waals surface area (Å²) < 4.78 is 1.61. The summed E-state index contributed by atoms with van der Waals surface area (Å²) in [5.41, 5.74) is 0.772. The fraction of sp³-hybridized carbons (Fsp3) is 0.600. The van der Waals surface area contributed by atoms with Gasteiger partial charge >= 0.3 is 5.97 Å². The number of carboxylic acid groups (broad SMARTS) is 1. The van der Waals surface area contributed by atoms with Crippen molar-refractivity contribution in [1.82, 2.24) is 19.9 Å². The SMILES string of the molecule is Cn1cc(C2CN(C(=O)C3CC=CC3)CC2CC(=O)O)nn1. The summed E-state index contributed by atoms with van der Waals surface area (Å²) in [5, 5.41) is 17.2. The van der Waals surface area contributed by atoms with Crippen molar-refractivity contribution in [1.29, 1.82) is 0 Å². The van der Waals surface area contributed by atoms with E-state index in [-0.39, 0.29) is 30.1 Å². The number of aryl methyl sites for hydroxylation is 1. The molecule has 0 aromatic carbocycles. The number of hydrogen-bond acceptors (Lipinski definition) is 4. The zero-order valence-corrected chi connectivity index (χ0v) is 12.6. The Kier molecular flexibility index (Phi) is 3.96. The number of allylic oxidation sites excluding steroid dienone is 2. The van der Waals surface area contributed by atoms with E-state index >= 15 is 0 Å². The molecule has 2 heterocycles.